The molecule has 0 spiro atoms. The van der Waals surface area contributed by atoms with Gasteiger partial charge in [-0.1, -0.05) is 18.2 Å². The number of aromatic nitrogens is 1. The summed E-state index contributed by atoms with van der Waals surface area (Å²) in [5.41, 5.74) is 1.03. The van der Waals surface area contributed by atoms with Gasteiger partial charge in [-0.2, -0.15) is 0 Å². The molecule has 0 radical (unpaired) electrons. The van der Waals surface area contributed by atoms with E-state index in [4.69, 9.17) is 14.5 Å². The van der Waals surface area contributed by atoms with Crippen molar-refractivity contribution in [2.45, 2.75) is 0 Å². The number of para-hydroxylation sites is 1. The Bertz CT molecular complexity index is 952. The number of benzene rings is 1. The second-order valence-electron chi connectivity index (χ2n) is 5.08. The van der Waals surface area contributed by atoms with Crippen LogP contribution in [0, 0.1) is 0 Å². The Morgan fingerprint density at radius 1 is 0.870 bits per heavy atom. The van der Waals surface area contributed by atoms with Gasteiger partial charge in [-0.05, 0) is 23.6 Å². The monoisotopic (exact) mass is 357 g/mol. The molecule has 0 saturated heterocycles. The zero-order valence-electron chi connectivity index (χ0n) is 11.9. The smallest absolute Gasteiger partial charge is 0.183 e. The molecule has 0 atom stereocenters. The first-order valence-electron chi connectivity index (χ1n) is 7.22. The number of rotatable bonds is 2. The lowest BCUT2D eigenvalue weighted by Crippen LogP contribution is -2.14. The topological polar surface area (TPSA) is 31.4 Å². The fraction of sp³-hybridized carbons (Fsp3) is 0.118. The summed E-state index contributed by atoms with van der Waals surface area (Å²) in [5, 5.41) is 3.09. The molecule has 0 unspecified atom stereocenters. The van der Waals surface area contributed by atoms with Crippen molar-refractivity contribution in [3.8, 4) is 31.1 Å². The number of ether oxygens (including phenoxy) is 2. The summed E-state index contributed by atoms with van der Waals surface area (Å²) in [7, 11) is 0. The van der Waals surface area contributed by atoms with Gasteiger partial charge in [-0.3, -0.25) is 0 Å². The quantitative estimate of drug-likeness (QED) is 0.473. The van der Waals surface area contributed by atoms with E-state index < -0.39 is 0 Å². The molecule has 0 saturated carbocycles. The average Bonchev–Trinajstić information content (AvgIpc) is 3.31. The van der Waals surface area contributed by atoms with Crippen molar-refractivity contribution >= 4 is 44.2 Å². The molecule has 23 heavy (non-hydrogen) atoms. The van der Waals surface area contributed by atoms with Crippen LogP contribution < -0.4 is 9.47 Å². The van der Waals surface area contributed by atoms with Gasteiger partial charge >= 0.3 is 0 Å². The largest absolute Gasteiger partial charge is 0.485 e. The molecule has 4 aromatic rings. The Hall–Kier alpha value is -1.89. The zero-order valence-corrected chi connectivity index (χ0v) is 14.4. The minimum Gasteiger partial charge on any atom is -0.485 e. The third kappa shape index (κ3) is 2.17. The highest BCUT2D eigenvalue weighted by atomic mass is 32.1. The van der Waals surface area contributed by atoms with Crippen LogP contribution in [0.25, 0.3) is 29.9 Å². The summed E-state index contributed by atoms with van der Waals surface area (Å²) in [6, 6.07) is 12.4. The molecule has 0 N–H and O–H groups in total. The van der Waals surface area contributed by atoms with Gasteiger partial charge in [0, 0.05) is 4.88 Å². The van der Waals surface area contributed by atoms with E-state index in [1.165, 1.54) is 9.58 Å². The summed E-state index contributed by atoms with van der Waals surface area (Å²) < 4.78 is 13.1. The standard InChI is InChI=1S/C17H11NO2S3/c1-2-5-11-10(4-1)18-17(22-11)16-14-13(19-7-8-20-14)15(23-16)12-6-3-9-21-12/h1-6,9H,7-8H2. The molecular weight excluding hydrogens is 346 g/mol. The Kier molecular flexibility index (Phi) is 3.14. The van der Waals surface area contributed by atoms with Gasteiger partial charge < -0.3 is 9.47 Å². The van der Waals surface area contributed by atoms with E-state index in [2.05, 4.69) is 23.6 Å². The van der Waals surface area contributed by atoms with Crippen molar-refractivity contribution in [3.05, 3.63) is 41.8 Å². The van der Waals surface area contributed by atoms with E-state index >= 15 is 0 Å². The first-order chi connectivity index (χ1) is 11.4. The summed E-state index contributed by atoms with van der Waals surface area (Å²) >= 11 is 5.13. The van der Waals surface area contributed by atoms with Crippen molar-refractivity contribution in [3.63, 3.8) is 0 Å². The van der Waals surface area contributed by atoms with Crippen LogP contribution in [-0.2, 0) is 0 Å². The summed E-state index contributed by atoms with van der Waals surface area (Å²) in [6.07, 6.45) is 0. The van der Waals surface area contributed by atoms with E-state index in [0.717, 1.165) is 31.8 Å². The highest BCUT2D eigenvalue weighted by molar-refractivity contribution is 7.28. The molecule has 1 aliphatic rings. The predicted molar refractivity (Wildman–Crippen MR) is 97.2 cm³/mol. The number of hydrogen-bond donors (Lipinski definition) is 0. The van der Waals surface area contributed by atoms with Gasteiger partial charge in [0.15, 0.2) is 11.5 Å². The van der Waals surface area contributed by atoms with Crippen LogP contribution in [-0.4, -0.2) is 18.2 Å². The molecule has 6 heteroatoms. The molecular formula is C17H11NO2S3. The minimum absolute atomic E-state index is 0.589. The lowest BCUT2D eigenvalue weighted by atomic mass is 10.3. The second-order valence-corrected chi connectivity index (χ2v) is 8.08. The molecule has 3 nitrogen and oxygen atoms in total. The Morgan fingerprint density at radius 2 is 1.70 bits per heavy atom. The lowest BCUT2D eigenvalue weighted by Gasteiger charge is -2.16. The Morgan fingerprint density at radius 3 is 2.48 bits per heavy atom. The second kappa shape index (κ2) is 5.33. The number of thiazole rings is 1. The fourth-order valence-corrected chi connectivity index (χ4v) is 5.71. The molecule has 114 valence electrons. The molecule has 1 aromatic carbocycles. The van der Waals surface area contributed by atoms with Crippen LogP contribution in [0.5, 0.6) is 11.5 Å². The van der Waals surface area contributed by atoms with Crippen LogP contribution in [0.2, 0.25) is 0 Å². The molecule has 0 bridgehead atoms. The van der Waals surface area contributed by atoms with Crippen molar-refractivity contribution in [2.24, 2.45) is 0 Å². The molecule has 1 aliphatic heterocycles. The number of fused-ring (bicyclic) bond motifs is 2. The summed E-state index contributed by atoms with van der Waals surface area (Å²) in [6.45, 7) is 1.19. The van der Waals surface area contributed by atoms with E-state index in [-0.39, 0.29) is 0 Å². The van der Waals surface area contributed by atoms with Gasteiger partial charge in [-0.25, -0.2) is 4.98 Å². The third-order valence-corrected chi connectivity index (χ3v) is 7.02. The molecule has 0 fully saturated rings. The molecule has 5 rings (SSSR count). The maximum Gasteiger partial charge on any atom is 0.183 e. The van der Waals surface area contributed by atoms with Gasteiger partial charge in [-0.15, -0.1) is 34.0 Å². The number of nitrogens with zero attached hydrogens (tertiary/aromatic N) is 1. The Balaban J connectivity index is 1.73. The molecule has 0 amide bonds. The van der Waals surface area contributed by atoms with Gasteiger partial charge in [0.2, 0.25) is 0 Å². The van der Waals surface area contributed by atoms with Gasteiger partial charge in [0.1, 0.15) is 23.1 Å². The SMILES string of the molecule is c1csc(-c2sc(-c3nc4ccccc4s3)c3c2OCCO3)c1. The highest BCUT2D eigenvalue weighted by Crippen LogP contribution is 2.55. The maximum atomic E-state index is 5.94. The van der Waals surface area contributed by atoms with Crippen molar-refractivity contribution in [2.75, 3.05) is 13.2 Å². The summed E-state index contributed by atoms with van der Waals surface area (Å²) in [4.78, 5) is 8.21. The van der Waals surface area contributed by atoms with Crippen LogP contribution >= 0.6 is 34.0 Å². The number of thiophene rings is 2. The minimum atomic E-state index is 0.589. The first-order valence-corrected chi connectivity index (χ1v) is 9.73. The van der Waals surface area contributed by atoms with Crippen LogP contribution in [0.1, 0.15) is 0 Å². The van der Waals surface area contributed by atoms with E-state index in [1.807, 2.05) is 18.2 Å². The van der Waals surface area contributed by atoms with E-state index in [0.29, 0.717) is 13.2 Å². The fourth-order valence-electron chi connectivity index (χ4n) is 2.63. The average molecular weight is 357 g/mol. The van der Waals surface area contributed by atoms with Crippen molar-refractivity contribution in [1.29, 1.82) is 0 Å². The normalized spacial score (nSPS) is 13.6. The predicted octanol–water partition coefficient (Wildman–Crippen LogP) is 5.52. The summed E-state index contributed by atoms with van der Waals surface area (Å²) in [5.74, 6) is 1.72. The third-order valence-electron chi connectivity index (χ3n) is 3.63. The zero-order chi connectivity index (χ0) is 15.2. The molecule has 4 heterocycles. The van der Waals surface area contributed by atoms with E-state index in [1.54, 1.807) is 34.0 Å². The van der Waals surface area contributed by atoms with E-state index in [9.17, 15) is 0 Å². The number of hydrogen-bond acceptors (Lipinski definition) is 6. The van der Waals surface area contributed by atoms with Crippen LogP contribution in [0.4, 0.5) is 0 Å². The molecule has 0 aliphatic carbocycles. The van der Waals surface area contributed by atoms with Crippen molar-refractivity contribution < 1.29 is 9.47 Å². The Labute approximate surface area is 144 Å². The maximum absolute atomic E-state index is 5.94. The molecule has 3 aromatic heterocycles. The highest BCUT2D eigenvalue weighted by Gasteiger charge is 2.28. The first kappa shape index (κ1) is 13.5. The van der Waals surface area contributed by atoms with Crippen molar-refractivity contribution in [1.82, 2.24) is 4.98 Å². The lowest BCUT2D eigenvalue weighted by molar-refractivity contribution is 0.175. The van der Waals surface area contributed by atoms with Gasteiger partial charge in [0.25, 0.3) is 0 Å². The van der Waals surface area contributed by atoms with Crippen LogP contribution in [0.15, 0.2) is 41.8 Å². The van der Waals surface area contributed by atoms with Crippen LogP contribution in [0.3, 0.4) is 0 Å². The van der Waals surface area contributed by atoms with Gasteiger partial charge in [0.05, 0.1) is 15.1 Å².